The fourth-order valence-electron chi connectivity index (χ4n) is 8.76. The highest BCUT2D eigenvalue weighted by molar-refractivity contribution is 7.89. The first-order valence-corrected chi connectivity index (χ1v) is 31.0. The smallest absolute Gasteiger partial charge is 0.203 e. The molecule has 0 atom stereocenters. The van der Waals surface area contributed by atoms with Crippen LogP contribution < -0.4 is 39.1 Å². The molecular formula is C62H108N2O6S2. The largest absolute Gasteiger partial charge is 0.489 e. The van der Waals surface area contributed by atoms with E-state index in [9.17, 15) is 0 Å². The van der Waals surface area contributed by atoms with Gasteiger partial charge >= 0.3 is 0 Å². The molecule has 2 aromatic carbocycles. The van der Waals surface area contributed by atoms with Gasteiger partial charge in [-0.1, -0.05) is 259 Å². The zero-order valence-corrected chi connectivity index (χ0v) is 48.9. The second kappa shape index (κ2) is 46.5. The van der Waals surface area contributed by atoms with Gasteiger partial charge in [-0.25, -0.2) is 0 Å². The fourth-order valence-corrected chi connectivity index (χ4v) is 9.10. The lowest BCUT2D eigenvalue weighted by Crippen LogP contribution is -2.26. The highest BCUT2D eigenvalue weighted by atomic mass is 32.1. The normalized spacial score (nSPS) is 11.1. The Morgan fingerprint density at radius 1 is 0.278 bits per heavy atom. The Balaban J connectivity index is 2.43. The summed E-state index contributed by atoms with van der Waals surface area (Å²) < 4.78 is 39.6. The summed E-state index contributed by atoms with van der Waals surface area (Å²) in [6.45, 7) is 17.2. The molecule has 0 radical (unpaired) electrons. The lowest BCUT2D eigenvalue weighted by atomic mass is 10.1. The quantitative estimate of drug-likeness (QED) is 0.0494. The summed E-state index contributed by atoms with van der Waals surface area (Å²) in [6, 6.07) is 7.99. The maximum atomic E-state index is 6.60. The monoisotopic (exact) mass is 1040 g/mol. The lowest BCUT2D eigenvalue weighted by molar-refractivity contribution is 0.234. The van der Waals surface area contributed by atoms with Gasteiger partial charge < -0.3 is 39.1 Å². The molecule has 0 aromatic heterocycles. The summed E-state index contributed by atoms with van der Waals surface area (Å²) in [6.07, 6.45) is 42.9. The van der Waals surface area contributed by atoms with Crippen LogP contribution in [0.1, 0.15) is 273 Å². The van der Waals surface area contributed by atoms with Crippen molar-refractivity contribution in [2.75, 3.05) is 50.3 Å². The molecule has 2 N–H and O–H groups in total. The summed E-state index contributed by atoms with van der Waals surface area (Å²) in [4.78, 5) is 0.781. The minimum absolute atomic E-state index is 0.391. The predicted octanol–water partition coefficient (Wildman–Crippen LogP) is 20.3. The number of ether oxygens (including phenoxy) is 6. The molecule has 2 rings (SSSR count). The summed E-state index contributed by atoms with van der Waals surface area (Å²) in [7, 11) is 0. The Morgan fingerprint density at radius 2 is 0.458 bits per heavy atom. The van der Waals surface area contributed by atoms with E-state index in [4.69, 9.17) is 52.9 Å². The van der Waals surface area contributed by atoms with Crippen LogP contribution in [-0.2, 0) is 0 Å². The van der Waals surface area contributed by atoms with Gasteiger partial charge in [0.2, 0.25) is 11.5 Å². The van der Waals surface area contributed by atoms with Crippen LogP contribution in [0.15, 0.2) is 24.3 Å². The third-order valence-corrected chi connectivity index (χ3v) is 14.0. The van der Waals surface area contributed by atoms with Crippen LogP contribution in [-0.4, -0.2) is 49.6 Å². The summed E-state index contributed by atoms with van der Waals surface area (Å²) in [5, 5.41) is 6.92. The second-order valence-electron chi connectivity index (χ2n) is 20.2. The van der Waals surface area contributed by atoms with Crippen LogP contribution in [0.4, 0.5) is 11.4 Å². The van der Waals surface area contributed by atoms with Crippen LogP contribution in [0.5, 0.6) is 34.5 Å². The lowest BCUT2D eigenvalue weighted by Gasteiger charge is -2.21. The molecular weight excluding hydrogens is 933 g/mol. The predicted molar refractivity (Wildman–Crippen MR) is 319 cm³/mol. The molecule has 0 saturated heterocycles. The van der Waals surface area contributed by atoms with Gasteiger partial charge in [0.25, 0.3) is 0 Å². The molecule has 8 nitrogen and oxygen atoms in total. The van der Waals surface area contributed by atoms with Gasteiger partial charge in [-0.3, -0.25) is 0 Å². The number of hydrogen-bond acceptors (Lipinski definition) is 8. The second-order valence-corrected chi connectivity index (χ2v) is 21.0. The van der Waals surface area contributed by atoms with Crippen molar-refractivity contribution in [3.63, 3.8) is 0 Å². The number of benzene rings is 2. The van der Waals surface area contributed by atoms with Gasteiger partial charge in [0.05, 0.1) is 39.6 Å². The van der Waals surface area contributed by atoms with E-state index in [0.717, 1.165) is 88.4 Å². The van der Waals surface area contributed by atoms with Gasteiger partial charge in [-0.2, -0.15) is 0 Å². The van der Waals surface area contributed by atoms with E-state index in [0.29, 0.717) is 84.1 Å². The van der Waals surface area contributed by atoms with Gasteiger partial charge in [0.15, 0.2) is 23.0 Å². The highest BCUT2D eigenvalue weighted by Gasteiger charge is 2.20. The third-order valence-electron chi connectivity index (χ3n) is 13.3. The maximum Gasteiger partial charge on any atom is 0.203 e. The van der Waals surface area contributed by atoms with Crippen molar-refractivity contribution in [1.82, 2.24) is 0 Å². The number of unbranched alkanes of at least 4 members (excludes halogenated alkanes) is 30. The fraction of sp³-hybridized carbons (Fsp3) is 0.774. The molecule has 10 heteroatoms. The van der Waals surface area contributed by atoms with Crippen molar-refractivity contribution in [3.05, 3.63) is 24.3 Å². The molecule has 414 valence electrons. The molecule has 0 heterocycles. The van der Waals surface area contributed by atoms with E-state index in [1.807, 2.05) is 24.3 Å². The van der Waals surface area contributed by atoms with Crippen LogP contribution in [0.2, 0.25) is 0 Å². The first kappa shape index (κ1) is 65.1. The van der Waals surface area contributed by atoms with Crippen LogP contribution in [0.3, 0.4) is 0 Å². The van der Waals surface area contributed by atoms with E-state index in [2.05, 4.69) is 52.2 Å². The Bertz CT molecular complexity index is 1430. The Morgan fingerprint density at radius 3 is 0.667 bits per heavy atom. The third kappa shape index (κ3) is 32.4. The van der Waals surface area contributed by atoms with E-state index >= 15 is 0 Å². The first-order chi connectivity index (χ1) is 35.4. The standard InChI is InChI=1S/C62H108N2O6S2/c1-7-13-19-25-31-37-43-65-55-49-53(50-56(66-44-38-32-26-20-14-8-2)59(55)69-47-41-35-29-23-17-11-5)63-61(71)62(72)64-54-51-57(67-45-39-33-27-21-15-9-3)60(70-48-42-36-30-24-18-12-6)58(52-54)68-46-40-34-28-22-16-10-4/h49-52H,7-48H2,1-6H3,(H,63,71)(H,64,72). The van der Waals surface area contributed by atoms with E-state index in [-0.39, 0.29) is 0 Å². The van der Waals surface area contributed by atoms with Crippen molar-refractivity contribution >= 4 is 45.8 Å². The molecule has 0 amide bonds. The van der Waals surface area contributed by atoms with Crippen molar-refractivity contribution in [3.8, 4) is 34.5 Å². The Labute approximate surface area is 453 Å². The number of thiocarbonyl (C=S) groups is 2. The molecule has 0 spiro atoms. The molecule has 0 aliphatic carbocycles. The number of hydrogen-bond donors (Lipinski definition) is 2. The maximum absolute atomic E-state index is 6.60. The average molecular weight is 1040 g/mol. The van der Waals surface area contributed by atoms with E-state index in [1.165, 1.54) is 154 Å². The Kier molecular flexibility index (Phi) is 42.1. The Hall–Kier alpha value is -2.98. The van der Waals surface area contributed by atoms with Crippen LogP contribution in [0.25, 0.3) is 0 Å². The van der Waals surface area contributed by atoms with Crippen molar-refractivity contribution < 1.29 is 28.4 Å². The van der Waals surface area contributed by atoms with Crippen LogP contribution >= 0.6 is 24.4 Å². The van der Waals surface area contributed by atoms with Crippen LogP contribution in [0, 0.1) is 0 Å². The summed E-state index contributed by atoms with van der Waals surface area (Å²) in [5.74, 6) is 4.06. The zero-order valence-electron chi connectivity index (χ0n) is 47.3. The highest BCUT2D eigenvalue weighted by Crippen LogP contribution is 2.43. The molecule has 0 bridgehead atoms. The van der Waals surface area contributed by atoms with Gasteiger partial charge in [-0.15, -0.1) is 0 Å². The van der Waals surface area contributed by atoms with Gasteiger partial charge in [-0.05, 0) is 38.5 Å². The molecule has 2 aromatic rings. The minimum Gasteiger partial charge on any atom is -0.489 e. The minimum atomic E-state index is 0.391. The van der Waals surface area contributed by atoms with Crippen molar-refractivity contribution in [2.45, 2.75) is 273 Å². The number of anilines is 2. The molecule has 0 saturated carbocycles. The van der Waals surface area contributed by atoms with E-state index < -0.39 is 0 Å². The summed E-state index contributed by atoms with van der Waals surface area (Å²) in [5.41, 5.74) is 1.49. The molecule has 72 heavy (non-hydrogen) atoms. The molecule has 0 unspecified atom stereocenters. The van der Waals surface area contributed by atoms with Crippen molar-refractivity contribution in [2.24, 2.45) is 0 Å². The first-order valence-electron chi connectivity index (χ1n) is 30.2. The topological polar surface area (TPSA) is 79.4 Å². The van der Waals surface area contributed by atoms with E-state index in [1.54, 1.807) is 0 Å². The van der Waals surface area contributed by atoms with Gasteiger partial charge in [0.1, 0.15) is 9.98 Å². The molecule has 0 fully saturated rings. The number of rotatable bonds is 50. The average Bonchev–Trinajstić information content (AvgIpc) is 3.38. The molecule has 0 aliphatic rings. The molecule has 0 aliphatic heterocycles. The SMILES string of the molecule is CCCCCCCCOc1cc(NC(=S)C(=S)Nc2cc(OCCCCCCCC)c(OCCCCCCCC)c(OCCCCCCCC)c2)cc(OCCCCCCCC)c1OCCCCCCCC. The number of nitrogens with one attached hydrogen (secondary N) is 2. The zero-order chi connectivity index (χ0) is 52.0. The van der Waals surface area contributed by atoms with Gasteiger partial charge in [0, 0.05) is 35.6 Å². The summed E-state index contributed by atoms with van der Waals surface area (Å²) >= 11 is 12.1. The van der Waals surface area contributed by atoms with Crippen molar-refractivity contribution in [1.29, 1.82) is 0 Å².